The van der Waals surface area contributed by atoms with Gasteiger partial charge in [0.05, 0.1) is 11.2 Å². The van der Waals surface area contributed by atoms with Gasteiger partial charge in [-0.1, -0.05) is 42.5 Å². The van der Waals surface area contributed by atoms with Gasteiger partial charge in [0.2, 0.25) is 0 Å². The highest BCUT2D eigenvalue weighted by atomic mass is 35.5. The third-order valence-electron chi connectivity index (χ3n) is 3.25. The van der Waals surface area contributed by atoms with Gasteiger partial charge in [0.1, 0.15) is 0 Å². The SMILES string of the molecule is Cc1ccc2c(C(=O)Cl)cc(-c3ccccc3)nc2c1. The first kappa shape index (κ1) is 12.8. The highest BCUT2D eigenvalue weighted by Crippen LogP contribution is 2.26. The molecule has 20 heavy (non-hydrogen) atoms. The Kier molecular flexibility index (Phi) is 3.25. The Bertz CT molecular complexity index is 797. The normalized spacial score (nSPS) is 10.7. The molecule has 0 bridgehead atoms. The van der Waals surface area contributed by atoms with Crippen molar-refractivity contribution in [3.63, 3.8) is 0 Å². The van der Waals surface area contributed by atoms with Crippen LogP contribution in [0.5, 0.6) is 0 Å². The zero-order chi connectivity index (χ0) is 14.1. The van der Waals surface area contributed by atoms with E-state index in [1.54, 1.807) is 6.07 Å². The topological polar surface area (TPSA) is 30.0 Å². The van der Waals surface area contributed by atoms with Crippen LogP contribution in [0, 0.1) is 6.92 Å². The van der Waals surface area contributed by atoms with Crippen LogP contribution in [-0.2, 0) is 0 Å². The molecule has 3 heteroatoms. The minimum absolute atomic E-state index is 0.460. The minimum Gasteiger partial charge on any atom is -0.276 e. The van der Waals surface area contributed by atoms with Gasteiger partial charge < -0.3 is 0 Å². The minimum atomic E-state index is -0.460. The van der Waals surface area contributed by atoms with E-state index >= 15 is 0 Å². The second kappa shape index (κ2) is 5.06. The maximum absolute atomic E-state index is 11.7. The molecule has 0 fully saturated rings. The summed E-state index contributed by atoms with van der Waals surface area (Å²) in [6.07, 6.45) is 0. The molecule has 0 saturated heterocycles. The van der Waals surface area contributed by atoms with Crippen molar-refractivity contribution in [3.8, 4) is 11.3 Å². The molecule has 2 nitrogen and oxygen atoms in total. The number of fused-ring (bicyclic) bond motifs is 1. The van der Waals surface area contributed by atoms with E-state index in [9.17, 15) is 4.79 Å². The van der Waals surface area contributed by atoms with Crippen LogP contribution >= 0.6 is 11.6 Å². The molecule has 0 radical (unpaired) electrons. The van der Waals surface area contributed by atoms with Crippen LogP contribution in [0.3, 0.4) is 0 Å². The van der Waals surface area contributed by atoms with E-state index in [-0.39, 0.29) is 0 Å². The van der Waals surface area contributed by atoms with Crippen molar-refractivity contribution in [3.05, 3.63) is 65.7 Å². The third kappa shape index (κ3) is 2.30. The first-order valence-corrected chi connectivity index (χ1v) is 6.69. The van der Waals surface area contributed by atoms with Gasteiger partial charge in [0.15, 0.2) is 0 Å². The molecule has 0 N–H and O–H groups in total. The van der Waals surface area contributed by atoms with Gasteiger partial charge in [0.25, 0.3) is 5.24 Å². The Labute approximate surface area is 122 Å². The van der Waals surface area contributed by atoms with E-state index in [2.05, 4.69) is 4.98 Å². The lowest BCUT2D eigenvalue weighted by Crippen LogP contribution is -1.96. The molecule has 0 aliphatic carbocycles. The zero-order valence-corrected chi connectivity index (χ0v) is 11.7. The van der Waals surface area contributed by atoms with Crippen molar-refractivity contribution in [2.24, 2.45) is 0 Å². The summed E-state index contributed by atoms with van der Waals surface area (Å²) < 4.78 is 0. The predicted molar refractivity (Wildman–Crippen MR) is 82.1 cm³/mol. The lowest BCUT2D eigenvalue weighted by atomic mass is 10.0. The molecule has 0 unspecified atom stereocenters. The summed E-state index contributed by atoms with van der Waals surface area (Å²) in [6, 6.07) is 17.3. The predicted octanol–water partition coefficient (Wildman–Crippen LogP) is 4.59. The number of rotatable bonds is 2. The fourth-order valence-corrected chi connectivity index (χ4v) is 2.41. The molecule has 1 heterocycles. The number of pyridine rings is 1. The number of carbonyl (C=O) groups is 1. The van der Waals surface area contributed by atoms with E-state index in [1.165, 1.54) is 0 Å². The lowest BCUT2D eigenvalue weighted by molar-refractivity contribution is 0.108. The van der Waals surface area contributed by atoms with Crippen LogP contribution in [-0.4, -0.2) is 10.2 Å². The smallest absolute Gasteiger partial charge is 0.253 e. The monoisotopic (exact) mass is 281 g/mol. The first-order valence-electron chi connectivity index (χ1n) is 6.32. The van der Waals surface area contributed by atoms with Gasteiger partial charge in [-0.15, -0.1) is 0 Å². The maximum Gasteiger partial charge on any atom is 0.253 e. The molecular formula is C17H12ClNO. The third-order valence-corrected chi connectivity index (χ3v) is 3.45. The Morgan fingerprint density at radius 3 is 2.50 bits per heavy atom. The summed E-state index contributed by atoms with van der Waals surface area (Å²) >= 11 is 5.71. The number of hydrogen-bond donors (Lipinski definition) is 0. The Morgan fingerprint density at radius 2 is 1.80 bits per heavy atom. The first-order chi connectivity index (χ1) is 9.65. The van der Waals surface area contributed by atoms with Crippen molar-refractivity contribution in [2.45, 2.75) is 6.92 Å². The highest BCUT2D eigenvalue weighted by Gasteiger charge is 2.12. The summed E-state index contributed by atoms with van der Waals surface area (Å²) in [5, 5.41) is 0.328. The summed E-state index contributed by atoms with van der Waals surface area (Å²) in [5.41, 5.74) is 4.11. The number of hydrogen-bond acceptors (Lipinski definition) is 2. The summed E-state index contributed by atoms with van der Waals surface area (Å²) in [5.74, 6) is 0. The van der Waals surface area contributed by atoms with Gasteiger partial charge in [-0.05, 0) is 36.2 Å². The largest absolute Gasteiger partial charge is 0.276 e. The van der Waals surface area contributed by atoms with E-state index in [4.69, 9.17) is 11.6 Å². The molecule has 1 aromatic heterocycles. The molecule has 0 saturated carbocycles. The van der Waals surface area contributed by atoms with Crippen molar-refractivity contribution in [1.82, 2.24) is 4.98 Å². The number of aryl methyl sites for hydroxylation is 1. The van der Waals surface area contributed by atoms with Gasteiger partial charge in [0, 0.05) is 16.5 Å². The van der Waals surface area contributed by atoms with Crippen LogP contribution in [0.2, 0.25) is 0 Å². The van der Waals surface area contributed by atoms with Crippen molar-refractivity contribution in [2.75, 3.05) is 0 Å². The number of aromatic nitrogens is 1. The molecule has 0 aliphatic heterocycles. The Morgan fingerprint density at radius 1 is 1.05 bits per heavy atom. The molecule has 0 atom stereocenters. The van der Waals surface area contributed by atoms with Gasteiger partial charge >= 0.3 is 0 Å². The quantitative estimate of drug-likeness (QED) is 0.643. The molecule has 0 aliphatic rings. The Balaban J connectivity index is 2.32. The highest BCUT2D eigenvalue weighted by molar-refractivity contribution is 6.68. The van der Waals surface area contributed by atoms with Crippen molar-refractivity contribution in [1.29, 1.82) is 0 Å². The molecular weight excluding hydrogens is 270 g/mol. The number of benzene rings is 2. The van der Waals surface area contributed by atoms with Crippen LogP contribution in [0.25, 0.3) is 22.2 Å². The fraction of sp³-hybridized carbons (Fsp3) is 0.0588. The van der Waals surface area contributed by atoms with Crippen LogP contribution in [0.15, 0.2) is 54.6 Å². The summed E-state index contributed by atoms with van der Waals surface area (Å²) in [7, 11) is 0. The summed E-state index contributed by atoms with van der Waals surface area (Å²) in [4.78, 5) is 16.3. The zero-order valence-electron chi connectivity index (χ0n) is 10.9. The average molecular weight is 282 g/mol. The van der Waals surface area contributed by atoms with Crippen LogP contribution in [0.1, 0.15) is 15.9 Å². The van der Waals surface area contributed by atoms with Gasteiger partial charge in [-0.25, -0.2) is 4.98 Å². The van der Waals surface area contributed by atoms with E-state index < -0.39 is 5.24 Å². The fourth-order valence-electron chi connectivity index (χ4n) is 2.26. The summed E-state index contributed by atoms with van der Waals surface area (Å²) in [6.45, 7) is 2.00. The molecule has 3 aromatic rings. The van der Waals surface area contributed by atoms with Crippen molar-refractivity contribution < 1.29 is 4.79 Å². The van der Waals surface area contributed by atoms with Crippen LogP contribution in [0.4, 0.5) is 0 Å². The molecule has 2 aromatic carbocycles. The molecule has 0 amide bonds. The maximum atomic E-state index is 11.7. The Hall–Kier alpha value is -2.19. The molecule has 98 valence electrons. The van der Waals surface area contributed by atoms with Crippen LogP contribution < -0.4 is 0 Å². The average Bonchev–Trinajstić information content (AvgIpc) is 2.46. The second-order valence-corrected chi connectivity index (χ2v) is 5.06. The lowest BCUT2D eigenvalue weighted by Gasteiger charge is -2.08. The molecule has 0 spiro atoms. The number of halogens is 1. The van der Waals surface area contributed by atoms with Gasteiger partial charge in [-0.3, -0.25) is 4.79 Å². The van der Waals surface area contributed by atoms with E-state index in [0.717, 1.165) is 27.7 Å². The molecule has 3 rings (SSSR count). The van der Waals surface area contributed by atoms with E-state index in [0.29, 0.717) is 5.56 Å². The standard InChI is InChI=1S/C17H12ClNO/c1-11-7-8-13-14(17(18)20)10-15(19-16(13)9-11)12-5-3-2-4-6-12/h2-10H,1H3. The van der Waals surface area contributed by atoms with Crippen molar-refractivity contribution >= 4 is 27.7 Å². The van der Waals surface area contributed by atoms with Gasteiger partial charge in [-0.2, -0.15) is 0 Å². The second-order valence-electron chi connectivity index (χ2n) is 4.72. The van der Waals surface area contributed by atoms with E-state index in [1.807, 2.05) is 55.5 Å². The number of nitrogens with zero attached hydrogens (tertiary/aromatic N) is 1. The number of carbonyl (C=O) groups excluding carboxylic acids is 1.